The molecule has 0 saturated heterocycles. The van der Waals surface area contributed by atoms with Gasteiger partial charge in [0.1, 0.15) is 0 Å². The molecule has 0 aromatic heterocycles. The van der Waals surface area contributed by atoms with Gasteiger partial charge in [0.05, 0.1) is 6.04 Å². The minimum absolute atomic E-state index is 0.532. The summed E-state index contributed by atoms with van der Waals surface area (Å²) in [6.07, 6.45) is 4.63. The van der Waals surface area contributed by atoms with Crippen LogP contribution in [0.25, 0.3) is 0 Å². The van der Waals surface area contributed by atoms with Gasteiger partial charge < -0.3 is 4.90 Å². The predicted octanol–water partition coefficient (Wildman–Crippen LogP) is 2.48. The number of nitrogens with zero attached hydrogens (tertiary/aromatic N) is 1. The lowest BCUT2D eigenvalue weighted by atomic mass is 10.1. The van der Waals surface area contributed by atoms with E-state index in [2.05, 4.69) is 44.9 Å². The van der Waals surface area contributed by atoms with E-state index < -0.39 is 0 Å². The molecular formula is C11H15N. The molecule has 12 heavy (non-hydrogen) atoms. The van der Waals surface area contributed by atoms with Crippen LogP contribution in [-0.2, 0) is 0 Å². The highest BCUT2D eigenvalue weighted by atomic mass is 15.2. The third kappa shape index (κ3) is 0.795. The van der Waals surface area contributed by atoms with Crippen LogP contribution in [0.3, 0.4) is 0 Å². The third-order valence-electron chi connectivity index (χ3n) is 3.04. The number of allylic oxidation sites excluding steroid dienone is 3. The average Bonchev–Trinajstić information content (AvgIpc) is 2.49. The van der Waals surface area contributed by atoms with E-state index in [9.17, 15) is 0 Å². The fraction of sp³-hybridized carbons (Fsp3) is 0.455. The van der Waals surface area contributed by atoms with E-state index in [1.54, 1.807) is 0 Å². The van der Waals surface area contributed by atoms with Gasteiger partial charge in [0.15, 0.2) is 0 Å². The zero-order valence-electron chi connectivity index (χ0n) is 8.18. The molecule has 1 unspecified atom stereocenters. The maximum absolute atomic E-state index is 2.34. The first-order valence-corrected chi connectivity index (χ1v) is 4.42. The molecule has 0 saturated carbocycles. The molecule has 0 N–H and O–H groups in total. The highest BCUT2D eigenvalue weighted by Gasteiger charge is 2.30. The third-order valence-corrected chi connectivity index (χ3v) is 3.04. The van der Waals surface area contributed by atoms with Crippen LogP contribution in [0.2, 0.25) is 0 Å². The lowest BCUT2D eigenvalue weighted by molar-refractivity contribution is 0.418. The molecule has 1 heteroatoms. The standard InChI is InChI=1S/C11H15N/c1-7-5-10-8(2)9(3)12(4)11(10)6-7/h5-6,11H,1-4H3. The fourth-order valence-corrected chi connectivity index (χ4v) is 2.05. The Morgan fingerprint density at radius 3 is 2.50 bits per heavy atom. The molecule has 0 fully saturated rings. The van der Waals surface area contributed by atoms with E-state index in [0.717, 1.165) is 0 Å². The summed E-state index contributed by atoms with van der Waals surface area (Å²) in [5.41, 5.74) is 5.76. The Labute approximate surface area is 74.1 Å². The van der Waals surface area contributed by atoms with Crippen LogP contribution in [0.1, 0.15) is 20.8 Å². The SMILES string of the molecule is CC1=CC2C(=C1)C(C)=C(C)N2C. The molecule has 0 radical (unpaired) electrons. The largest absolute Gasteiger partial charge is 0.367 e. The molecule has 64 valence electrons. The number of hydrogen-bond acceptors (Lipinski definition) is 1. The van der Waals surface area contributed by atoms with Gasteiger partial charge in [-0.1, -0.05) is 17.7 Å². The Morgan fingerprint density at radius 1 is 1.25 bits per heavy atom. The van der Waals surface area contributed by atoms with Crippen molar-refractivity contribution in [3.8, 4) is 0 Å². The molecular weight excluding hydrogens is 146 g/mol. The number of fused-ring (bicyclic) bond motifs is 1. The molecule has 2 rings (SSSR count). The van der Waals surface area contributed by atoms with Crippen LogP contribution in [0.15, 0.2) is 34.6 Å². The minimum Gasteiger partial charge on any atom is -0.367 e. The number of hydrogen-bond donors (Lipinski definition) is 0. The van der Waals surface area contributed by atoms with Gasteiger partial charge in [0, 0.05) is 12.7 Å². The Bertz CT molecular complexity index is 318. The monoisotopic (exact) mass is 161 g/mol. The summed E-state index contributed by atoms with van der Waals surface area (Å²) in [5, 5.41) is 0. The van der Waals surface area contributed by atoms with Crippen LogP contribution in [0.5, 0.6) is 0 Å². The van der Waals surface area contributed by atoms with Gasteiger partial charge in [-0.25, -0.2) is 0 Å². The topological polar surface area (TPSA) is 3.24 Å². The number of likely N-dealkylation sites (N-methyl/N-ethyl adjacent to an activating group) is 1. The van der Waals surface area contributed by atoms with Gasteiger partial charge in [-0.2, -0.15) is 0 Å². The molecule has 0 amide bonds. The molecule has 1 nitrogen and oxygen atoms in total. The fourth-order valence-electron chi connectivity index (χ4n) is 2.05. The molecule has 1 aliphatic carbocycles. The lowest BCUT2D eigenvalue weighted by Crippen LogP contribution is -2.22. The lowest BCUT2D eigenvalue weighted by Gasteiger charge is -2.19. The summed E-state index contributed by atoms with van der Waals surface area (Å²) in [7, 11) is 2.17. The van der Waals surface area contributed by atoms with Crippen LogP contribution >= 0.6 is 0 Å². The van der Waals surface area contributed by atoms with E-state index in [1.807, 2.05) is 0 Å². The minimum atomic E-state index is 0.532. The van der Waals surface area contributed by atoms with Crippen LogP contribution in [0, 0.1) is 0 Å². The smallest absolute Gasteiger partial charge is 0.0729 e. The van der Waals surface area contributed by atoms with Crippen molar-refractivity contribution >= 4 is 0 Å². The number of rotatable bonds is 0. The molecule has 1 atom stereocenters. The molecule has 0 aromatic carbocycles. The second kappa shape index (κ2) is 2.25. The quantitative estimate of drug-likeness (QED) is 0.527. The van der Waals surface area contributed by atoms with Gasteiger partial charge in [-0.3, -0.25) is 0 Å². The zero-order chi connectivity index (χ0) is 8.88. The normalized spacial score (nSPS) is 27.7. The van der Waals surface area contributed by atoms with Crippen molar-refractivity contribution in [2.24, 2.45) is 0 Å². The van der Waals surface area contributed by atoms with E-state index in [-0.39, 0.29) is 0 Å². The maximum atomic E-state index is 2.34. The highest BCUT2D eigenvalue weighted by Crippen LogP contribution is 2.37. The van der Waals surface area contributed by atoms with Crippen molar-refractivity contribution in [3.63, 3.8) is 0 Å². The van der Waals surface area contributed by atoms with Crippen LogP contribution in [0.4, 0.5) is 0 Å². The average molecular weight is 161 g/mol. The van der Waals surface area contributed by atoms with Crippen molar-refractivity contribution in [2.45, 2.75) is 26.8 Å². The summed E-state index contributed by atoms with van der Waals surface area (Å²) >= 11 is 0. The maximum Gasteiger partial charge on any atom is 0.0729 e. The Balaban J connectivity index is 2.47. The predicted molar refractivity (Wildman–Crippen MR) is 51.8 cm³/mol. The molecule has 1 heterocycles. The van der Waals surface area contributed by atoms with Crippen molar-refractivity contribution < 1.29 is 0 Å². The first kappa shape index (κ1) is 7.66. The van der Waals surface area contributed by atoms with Crippen LogP contribution in [-0.4, -0.2) is 18.0 Å². The van der Waals surface area contributed by atoms with E-state index >= 15 is 0 Å². The zero-order valence-corrected chi connectivity index (χ0v) is 8.18. The first-order chi connectivity index (χ1) is 5.61. The van der Waals surface area contributed by atoms with Gasteiger partial charge in [0.25, 0.3) is 0 Å². The Hall–Kier alpha value is -0.980. The van der Waals surface area contributed by atoms with Crippen LogP contribution < -0.4 is 0 Å². The van der Waals surface area contributed by atoms with E-state index in [1.165, 1.54) is 22.4 Å². The van der Waals surface area contributed by atoms with Crippen molar-refractivity contribution in [1.29, 1.82) is 0 Å². The highest BCUT2D eigenvalue weighted by molar-refractivity contribution is 5.53. The van der Waals surface area contributed by atoms with Gasteiger partial charge in [-0.15, -0.1) is 0 Å². The molecule has 2 aliphatic rings. The van der Waals surface area contributed by atoms with Crippen molar-refractivity contribution in [3.05, 3.63) is 34.6 Å². The van der Waals surface area contributed by atoms with E-state index in [0.29, 0.717) is 6.04 Å². The molecule has 0 aromatic rings. The van der Waals surface area contributed by atoms with Gasteiger partial charge >= 0.3 is 0 Å². The molecule has 0 bridgehead atoms. The van der Waals surface area contributed by atoms with Crippen molar-refractivity contribution in [1.82, 2.24) is 4.90 Å². The van der Waals surface area contributed by atoms with Gasteiger partial charge in [-0.05, 0) is 31.9 Å². The summed E-state index contributed by atoms with van der Waals surface area (Å²) < 4.78 is 0. The summed E-state index contributed by atoms with van der Waals surface area (Å²) in [5.74, 6) is 0. The summed E-state index contributed by atoms with van der Waals surface area (Å²) in [6.45, 7) is 6.57. The molecule has 1 aliphatic heterocycles. The Morgan fingerprint density at radius 2 is 1.92 bits per heavy atom. The Kier molecular flexibility index (Phi) is 1.44. The second-order valence-corrected chi connectivity index (χ2v) is 3.78. The van der Waals surface area contributed by atoms with Crippen molar-refractivity contribution in [2.75, 3.05) is 7.05 Å². The summed E-state index contributed by atoms with van der Waals surface area (Å²) in [6, 6.07) is 0.532. The second-order valence-electron chi connectivity index (χ2n) is 3.78. The first-order valence-electron chi connectivity index (χ1n) is 4.42. The van der Waals surface area contributed by atoms with Gasteiger partial charge in [0.2, 0.25) is 0 Å². The van der Waals surface area contributed by atoms with E-state index in [4.69, 9.17) is 0 Å². The summed E-state index contributed by atoms with van der Waals surface area (Å²) in [4.78, 5) is 2.34. The molecule has 0 spiro atoms.